The van der Waals surface area contributed by atoms with Crippen LogP contribution in [-0.4, -0.2) is 81.6 Å². The zero-order valence-electron chi connectivity index (χ0n) is 15.9. The van der Waals surface area contributed by atoms with E-state index in [0.717, 1.165) is 51.9 Å². The lowest BCUT2D eigenvalue weighted by atomic mass is 10.2. The molecule has 25 heavy (non-hydrogen) atoms. The van der Waals surface area contributed by atoms with Gasteiger partial charge in [0.15, 0.2) is 5.96 Å². The number of nitrogens with one attached hydrogen (secondary N) is 3. The van der Waals surface area contributed by atoms with Crippen LogP contribution in [0.4, 0.5) is 4.79 Å². The maximum Gasteiger partial charge on any atom is 0.407 e. The minimum absolute atomic E-state index is 0. The number of halogens is 1. The Kier molecular flexibility index (Phi) is 13.0. The van der Waals surface area contributed by atoms with Crippen LogP contribution in [0.5, 0.6) is 0 Å². The van der Waals surface area contributed by atoms with Gasteiger partial charge in [-0.15, -0.1) is 24.0 Å². The van der Waals surface area contributed by atoms with Gasteiger partial charge in [-0.25, -0.2) is 4.79 Å². The summed E-state index contributed by atoms with van der Waals surface area (Å²) >= 11 is 0. The van der Waals surface area contributed by atoms with Gasteiger partial charge in [-0.05, 0) is 27.7 Å². The molecule has 0 saturated carbocycles. The van der Waals surface area contributed by atoms with Gasteiger partial charge in [-0.3, -0.25) is 9.89 Å². The molecule has 1 aliphatic rings. The molecule has 3 N–H and O–H groups in total. The summed E-state index contributed by atoms with van der Waals surface area (Å²) in [5, 5.41) is 9.12. The maximum atomic E-state index is 11.6. The number of amides is 1. The van der Waals surface area contributed by atoms with E-state index in [0.29, 0.717) is 13.1 Å². The highest BCUT2D eigenvalue weighted by atomic mass is 127. The van der Waals surface area contributed by atoms with Gasteiger partial charge in [0.05, 0.1) is 19.8 Å². The predicted molar refractivity (Wildman–Crippen MR) is 111 cm³/mol. The van der Waals surface area contributed by atoms with Crippen molar-refractivity contribution in [3.05, 3.63) is 0 Å². The van der Waals surface area contributed by atoms with Gasteiger partial charge in [0.2, 0.25) is 0 Å². The topological polar surface area (TPSA) is 87.2 Å². The summed E-state index contributed by atoms with van der Waals surface area (Å²) in [5.41, 5.74) is -0.479. The summed E-state index contributed by atoms with van der Waals surface area (Å²) in [5.74, 6) is 0.761. The second-order valence-corrected chi connectivity index (χ2v) is 6.57. The second kappa shape index (κ2) is 13.4. The Bertz CT molecular complexity index is 396. The number of morpholine rings is 1. The molecule has 0 atom stereocenters. The minimum atomic E-state index is -0.479. The molecule has 1 rings (SSSR count). The number of alkyl carbamates (subject to hydrolysis) is 1. The van der Waals surface area contributed by atoms with Crippen molar-refractivity contribution in [2.24, 2.45) is 4.99 Å². The Balaban J connectivity index is 0.00000576. The molecule has 9 heteroatoms. The average Bonchev–Trinajstić information content (AvgIpc) is 2.51. The van der Waals surface area contributed by atoms with Crippen molar-refractivity contribution in [2.75, 3.05) is 59.0 Å². The molecule has 148 valence electrons. The van der Waals surface area contributed by atoms with Crippen molar-refractivity contribution in [1.82, 2.24) is 20.9 Å². The number of aliphatic imine (C=N–C) groups is 1. The van der Waals surface area contributed by atoms with Crippen LogP contribution in [0.1, 0.15) is 27.7 Å². The molecule has 0 spiro atoms. The highest BCUT2D eigenvalue weighted by molar-refractivity contribution is 14.0. The van der Waals surface area contributed by atoms with E-state index in [-0.39, 0.29) is 24.0 Å². The van der Waals surface area contributed by atoms with Gasteiger partial charge < -0.3 is 25.4 Å². The molecule has 1 saturated heterocycles. The molecule has 0 aromatic heterocycles. The lowest BCUT2D eigenvalue weighted by Gasteiger charge is -2.25. The van der Waals surface area contributed by atoms with Crippen LogP contribution in [0.2, 0.25) is 0 Å². The van der Waals surface area contributed by atoms with Gasteiger partial charge in [0.1, 0.15) is 5.60 Å². The van der Waals surface area contributed by atoms with Crippen LogP contribution < -0.4 is 16.0 Å². The number of hydrogen-bond acceptors (Lipinski definition) is 5. The van der Waals surface area contributed by atoms with Crippen molar-refractivity contribution in [3.8, 4) is 0 Å². The smallest absolute Gasteiger partial charge is 0.407 e. The third-order valence-corrected chi connectivity index (χ3v) is 3.22. The quantitative estimate of drug-likeness (QED) is 0.223. The number of carbonyl (C=O) groups excluding carboxylic acids is 1. The van der Waals surface area contributed by atoms with Gasteiger partial charge in [0.25, 0.3) is 0 Å². The monoisotopic (exact) mass is 471 g/mol. The second-order valence-electron chi connectivity index (χ2n) is 6.57. The Morgan fingerprint density at radius 1 is 1.16 bits per heavy atom. The van der Waals surface area contributed by atoms with Gasteiger partial charge in [-0.1, -0.05) is 0 Å². The molecular weight excluding hydrogens is 437 g/mol. The number of carbonyl (C=O) groups is 1. The van der Waals surface area contributed by atoms with E-state index in [1.165, 1.54) is 0 Å². The fraction of sp³-hybridized carbons (Fsp3) is 0.875. The van der Waals surface area contributed by atoms with E-state index < -0.39 is 11.7 Å². The van der Waals surface area contributed by atoms with E-state index in [1.54, 1.807) is 0 Å². The summed E-state index contributed by atoms with van der Waals surface area (Å²) in [6.07, 6.45) is -0.404. The summed E-state index contributed by atoms with van der Waals surface area (Å²) in [6.45, 7) is 14.6. The standard InChI is InChI=1S/C16H33N5O3.HI/c1-5-17-14(19-8-9-21-10-12-23-13-11-21)18-6-7-20-15(22)24-16(2,3)4;/h5-13H2,1-4H3,(H,20,22)(H2,17,18,19);1H. The Hall–Kier alpha value is -0.810. The lowest BCUT2D eigenvalue weighted by Crippen LogP contribution is -2.43. The molecule has 0 bridgehead atoms. The highest BCUT2D eigenvalue weighted by Crippen LogP contribution is 2.05. The molecule has 0 aliphatic carbocycles. The van der Waals surface area contributed by atoms with Crippen molar-refractivity contribution in [2.45, 2.75) is 33.3 Å². The predicted octanol–water partition coefficient (Wildman–Crippen LogP) is 1.02. The number of hydrogen-bond donors (Lipinski definition) is 3. The van der Waals surface area contributed by atoms with Crippen molar-refractivity contribution < 1.29 is 14.3 Å². The molecule has 1 amide bonds. The highest BCUT2D eigenvalue weighted by Gasteiger charge is 2.15. The molecule has 0 aromatic carbocycles. The number of nitrogens with zero attached hydrogens (tertiary/aromatic N) is 2. The van der Waals surface area contributed by atoms with E-state index in [1.807, 2.05) is 27.7 Å². The van der Waals surface area contributed by atoms with Crippen molar-refractivity contribution in [1.29, 1.82) is 0 Å². The molecule has 0 radical (unpaired) electrons. The molecule has 1 aliphatic heterocycles. The minimum Gasteiger partial charge on any atom is -0.444 e. The first-order valence-electron chi connectivity index (χ1n) is 8.70. The van der Waals surface area contributed by atoms with E-state index >= 15 is 0 Å². The SMILES string of the molecule is CCNC(=NCCN1CCOCC1)NCCNC(=O)OC(C)(C)C.I. The van der Waals surface area contributed by atoms with Gasteiger partial charge >= 0.3 is 6.09 Å². The van der Waals surface area contributed by atoms with Crippen LogP contribution in [0.3, 0.4) is 0 Å². The van der Waals surface area contributed by atoms with Crippen molar-refractivity contribution in [3.63, 3.8) is 0 Å². The zero-order chi connectivity index (χ0) is 17.8. The average molecular weight is 471 g/mol. The third-order valence-electron chi connectivity index (χ3n) is 3.22. The summed E-state index contributed by atoms with van der Waals surface area (Å²) < 4.78 is 10.5. The van der Waals surface area contributed by atoms with Gasteiger partial charge in [0, 0.05) is 39.3 Å². The normalized spacial score (nSPS) is 15.9. The largest absolute Gasteiger partial charge is 0.444 e. The number of guanidine groups is 1. The summed E-state index contributed by atoms with van der Waals surface area (Å²) in [4.78, 5) is 18.5. The third kappa shape index (κ3) is 13.1. The zero-order valence-corrected chi connectivity index (χ0v) is 18.2. The first kappa shape index (κ1) is 24.2. The molecular formula is C16H34IN5O3. The first-order chi connectivity index (χ1) is 11.4. The molecule has 1 fully saturated rings. The first-order valence-corrected chi connectivity index (χ1v) is 8.70. The van der Waals surface area contributed by atoms with E-state index in [2.05, 4.69) is 25.8 Å². The van der Waals surface area contributed by atoms with Crippen molar-refractivity contribution >= 4 is 36.0 Å². The van der Waals surface area contributed by atoms with E-state index in [9.17, 15) is 4.79 Å². The van der Waals surface area contributed by atoms with Crippen LogP contribution in [0, 0.1) is 0 Å². The summed E-state index contributed by atoms with van der Waals surface area (Å²) in [6, 6.07) is 0. The van der Waals surface area contributed by atoms with Crippen LogP contribution in [0.15, 0.2) is 4.99 Å². The summed E-state index contributed by atoms with van der Waals surface area (Å²) in [7, 11) is 0. The Morgan fingerprint density at radius 2 is 1.80 bits per heavy atom. The van der Waals surface area contributed by atoms with E-state index in [4.69, 9.17) is 9.47 Å². The molecule has 8 nitrogen and oxygen atoms in total. The number of ether oxygens (including phenoxy) is 2. The Labute approximate surface area is 168 Å². The van der Waals surface area contributed by atoms with Crippen LogP contribution in [-0.2, 0) is 9.47 Å². The maximum absolute atomic E-state index is 11.6. The van der Waals surface area contributed by atoms with Crippen LogP contribution in [0.25, 0.3) is 0 Å². The molecule has 1 heterocycles. The number of rotatable bonds is 7. The Morgan fingerprint density at radius 3 is 2.40 bits per heavy atom. The molecule has 0 aromatic rings. The van der Waals surface area contributed by atoms with Gasteiger partial charge in [-0.2, -0.15) is 0 Å². The fourth-order valence-electron chi connectivity index (χ4n) is 2.13. The lowest BCUT2D eigenvalue weighted by molar-refractivity contribution is 0.0394. The fourth-order valence-corrected chi connectivity index (χ4v) is 2.13. The molecule has 0 unspecified atom stereocenters. The van der Waals surface area contributed by atoms with Crippen LogP contribution >= 0.6 is 24.0 Å².